The van der Waals surface area contributed by atoms with Crippen LogP contribution in [-0.4, -0.2) is 53.8 Å². The fourth-order valence-electron chi connectivity index (χ4n) is 3.93. The summed E-state index contributed by atoms with van der Waals surface area (Å²) in [6, 6.07) is 1.43. The van der Waals surface area contributed by atoms with Gasteiger partial charge in [-0.1, -0.05) is 23.4 Å². The minimum Gasteiger partial charge on any atom is -0.477 e. The first kappa shape index (κ1) is 18.6. The summed E-state index contributed by atoms with van der Waals surface area (Å²) in [5.74, 6) is -1.90. The number of rotatable bonds is 3. The van der Waals surface area contributed by atoms with Crippen molar-refractivity contribution in [2.24, 2.45) is 0 Å². The van der Waals surface area contributed by atoms with Crippen molar-refractivity contribution in [3.63, 3.8) is 0 Å². The second-order valence-electron chi connectivity index (χ2n) is 7.17. The van der Waals surface area contributed by atoms with Crippen LogP contribution in [0.2, 0.25) is 5.02 Å². The van der Waals surface area contributed by atoms with E-state index >= 15 is 0 Å². The molecule has 0 aliphatic carbocycles. The molecule has 2 atom stereocenters. The number of pyridine rings is 1. The van der Waals surface area contributed by atoms with Crippen molar-refractivity contribution in [2.45, 2.75) is 29.8 Å². The van der Waals surface area contributed by atoms with Crippen molar-refractivity contribution in [3.05, 3.63) is 32.7 Å². The second kappa shape index (κ2) is 6.39. The highest BCUT2D eigenvalue weighted by molar-refractivity contribution is 8.00. The Labute approximate surface area is 164 Å². The highest BCUT2D eigenvalue weighted by Crippen LogP contribution is 2.49. The van der Waals surface area contributed by atoms with Gasteiger partial charge >= 0.3 is 5.97 Å². The van der Waals surface area contributed by atoms with Gasteiger partial charge in [-0.05, 0) is 33.5 Å². The van der Waals surface area contributed by atoms with E-state index in [1.807, 2.05) is 25.9 Å². The maximum atomic E-state index is 15.0. The Balaban J connectivity index is 1.97. The molecule has 0 spiro atoms. The molecule has 144 valence electrons. The third-order valence-electron chi connectivity index (χ3n) is 5.38. The number of carboxylic acid groups (broad SMARTS) is 1. The lowest BCUT2D eigenvalue weighted by atomic mass is 10.1. The van der Waals surface area contributed by atoms with Crippen LogP contribution in [0.3, 0.4) is 0 Å². The van der Waals surface area contributed by atoms with Crippen LogP contribution in [0.4, 0.5) is 10.1 Å². The lowest BCUT2D eigenvalue weighted by molar-refractivity contribution is 0.0689. The number of aromatic nitrogens is 1. The second-order valence-corrected chi connectivity index (χ2v) is 8.85. The number of thioether (sulfide) groups is 1. The summed E-state index contributed by atoms with van der Waals surface area (Å²) in [5, 5.41) is 9.91. The molecule has 2 aliphatic rings. The van der Waals surface area contributed by atoms with Crippen LogP contribution in [0.15, 0.2) is 15.9 Å². The molecule has 2 aliphatic heterocycles. The van der Waals surface area contributed by atoms with Gasteiger partial charge in [0.2, 0.25) is 5.43 Å². The van der Waals surface area contributed by atoms with Crippen molar-refractivity contribution >= 4 is 45.9 Å². The Morgan fingerprint density at radius 1 is 1.44 bits per heavy atom. The zero-order valence-electron chi connectivity index (χ0n) is 15.1. The number of hydrogen-bond acceptors (Lipinski definition) is 5. The predicted octanol–water partition coefficient (Wildman–Crippen LogP) is 3.26. The molecular formula is C18H19ClFN3O3S. The molecule has 0 amide bonds. The summed E-state index contributed by atoms with van der Waals surface area (Å²) in [4.78, 5) is 28.3. The van der Waals surface area contributed by atoms with Gasteiger partial charge in [-0.15, -0.1) is 0 Å². The van der Waals surface area contributed by atoms with E-state index in [0.29, 0.717) is 29.7 Å². The zero-order valence-corrected chi connectivity index (χ0v) is 16.7. The van der Waals surface area contributed by atoms with E-state index in [-0.39, 0.29) is 27.0 Å². The van der Waals surface area contributed by atoms with E-state index in [4.69, 9.17) is 11.6 Å². The number of benzene rings is 1. The number of halogens is 2. The topological polar surface area (TPSA) is 65.8 Å². The molecule has 1 fully saturated rings. The number of hydrogen-bond donors (Lipinski definition) is 1. The van der Waals surface area contributed by atoms with Gasteiger partial charge in [-0.25, -0.2) is 9.18 Å². The van der Waals surface area contributed by atoms with Gasteiger partial charge < -0.3 is 19.5 Å². The quantitative estimate of drug-likeness (QED) is 0.836. The van der Waals surface area contributed by atoms with Crippen molar-refractivity contribution in [1.82, 2.24) is 9.47 Å². The molecule has 27 heavy (non-hydrogen) atoms. The summed E-state index contributed by atoms with van der Waals surface area (Å²) in [7, 11) is 3.97. The number of aromatic carboxylic acids is 1. The fourth-order valence-corrected chi connectivity index (χ4v) is 5.48. The molecule has 1 N–H and O–H groups in total. The van der Waals surface area contributed by atoms with E-state index < -0.39 is 17.2 Å². The van der Waals surface area contributed by atoms with Crippen molar-refractivity contribution in [2.75, 3.05) is 32.1 Å². The molecule has 2 aromatic rings. The third-order valence-corrected chi connectivity index (χ3v) is 6.92. The molecule has 1 aromatic carbocycles. The van der Waals surface area contributed by atoms with Crippen LogP contribution >= 0.6 is 23.4 Å². The monoisotopic (exact) mass is 411 g/mol. The Kier molecular flexibility index (Phi) is 4.40. The van der Waals surface area contributed by atoms with Crippen molar-refractivity contribution in [3.8, 4) is 0 Å². The number of fused-ring (bicyclic) bond motifs is 3. The van der Waals surface area contributed by atoms with Gasteiger partial charge in [0.25, 0.3) is 0 Å². The van der Waals surface area contributed by atoms with E-state index in [9.17, 15) is 19.1 Å². The maximum Gasteiger partial charge on any atom is 0.342 e. The molecule has 0 radical (unpaired) electrons. The molecule has 4 rings (SSSR count). The summed E-state index contributed by atoms with van der Waals surface area (Å²) in [6.07, 6.45) is 0.892. The van der Waals surface area contributed by atoms with Gasteiger partial charge in [0.05, 0.1) is 32.0 Å². The molecule has 0 bridgehead atoms. The Bertz CT molecular complexity index is 1040. The first-order valence-electron chi connectivity index (χ1n) is 8.63. The van der Waals surface area contributed by atoms with Gasteiger partial charge in [0.15, 0.2) is 0 Å². The maximum absolute atomic E-state index is 15.0. The summed E-state index contributed by atoms with van der Waals surface area (Å²) in [5.41, 5.74) is -0.307. The molecule has 1 saturated heterocycles. The average Bonchev–Trinajstić information content (AvgIpc) is 3.05. The van der Waals surface area contributed by atoms with Crippen LogP contribution < -0.4 is 10.3 Å². The van der Waals surface area contributed by atoms with Crippen LogP contribution in [-0.2, 0) is 0 Å². The number of likely N-dealkylation sites (N-methyl/N-ethyl adjacent to an activating group) is 1. The number of carbonyl (C=O) groups is 1. The zero-order chi connectivity index (χ0) is 19.6. The Hall–Kier alpha value is -1.77. The first-order chi connectivity index (χ1) is 12.7. The standard InChI is InChI=1S/C18H19ClFN3O3S/c1-8-23-14-10(16(24)12(18(25)26)17(23)27-8)6-11(20)15(13(14)19)22-5-4-9(7-22)21(2)3/h6,8-9H,4-5,7H2,1-3H3,(H,25,26)/t8?,9-/m1/s1. The summed E-state index contributed by atoms with van der Waals surface area (Å²) >= 11 is 7.93. The van der Waals surface area contributed by atoms with E-state index in [2.05, 4.69) is 4.90 Å². The van der Waals surface area contributed by atoms with E-state index in [0.717, 1.165) is 12.5 Å². The summed E-state index contributed by atoms with van der Waals surface area (Å²) in [6.45, 7) is 3.20. The van der Waals surface area contributed by atoms with Gasteiger partial charge in [-0.2, -0.15) is 0 Å². The van der Waals surface area contributed by atoms with Gasteiger partial charge in [0, 0.05) is 19.1 Å². The van der Waals surface area contributed by atoms with Crippen molar-refractivity contribution in [1.29, 1.82) is 0 Å². The fraction of sp³-hybridized carbons (Fsp3) is 0.444. The average molecular weight is 412 g/mol. The van der Waals surface area contributed by atoms with E-state index in [1.54, 1.807) is 4.57 Å². The van der Waals surface area contributed by atoms with Gasteiger partial charge in [-0.3, -0.25) is 4.79 Å². The lowest BCUT2D eigenvalue weighted by Crippen LogP contribution is -2.32. The molecule has 1 unspecified atom stereocenters. The molecule has 3 heterocycles. The van der Waals surface area contributed by atoms with Crippen LogP contribution in [0.5, 0.6) is 0 Å². The van der Waals surface area contributed by atoms with Crippen molar-refractivity contribution < 1.29 is 14.3 Å². The SMILES string of the molecule is CC1Sc2c(C(=O)O)c(=O)c3cc(F)c(N4CC[C@@H](N(C)C)C4)c(Cl)c3n21. The Morgan fingerprint density at radius 2 is 2.15 bits per heavy atom. The normalized spacial score (nSPS) is 21.6. The number of nitrogens with zero attached hydrogens (tertiary/aromatic N) is 3. The number of carboxylic acids is 1. The molecule has 0 saturated carbocycles. The highest BCUT2D eigenvalue weighted by atomic mass is 35.5. The summed E-state index contributed by atoms with van der Waals surface area (Å²) < 4.78 is 16.7. The number of anilines is 1. The molecule has 9 heteroatoms. The largest absolute Gasteiger partial charge is 0.477 e. The minimum absolute atomic E-state index is 0.0120. The molecular weight excluding hydrogens is 393 g/mol. The predicted molar refractivity (Wildman–Crippen MR) is 105 cm³/mol. The molecule has 1 aromatic heterocycles. The van der Waals surface area contributed by atoms with Crippen LogP contribution in [0.1, 0.15) is 29.1 Å². The third kappa shape index (κ3) is 2.65. The lowest BCUT2D eigenvalue weighted by Gasteiger charge is -2.34. The molecule has 6 nitrogen and oxygen atoms in total. The highest BCUT2D eigenvalue weighted by Gasteiger charge is 2.36. The van der Waals surface area contributed by atoms with Crippen LogP contribution in [0.25, 0.3) is 10.9 Å². The Morgan fingerprint density at radius 3 is 2.70 bits per heavy atom. The van der Waals surface area contributed by atoms with Crippen LogP contribution in [0, 0.1) is 5.82 Å². The minimum atomic E-state index is -1.31. The van der Waals surface area contributed by atoms with E-state index in [1.165, 1.54) is 11.8 Å². The first-order valence-corrected chi connectivity index (χ1v) is 9.89. The van der Waals surface area contributed by atoms with Gasteiger partial charge in [0.1, 0.15) is 11.4 Å². The smallest absolute Gasteiger partial charge is 0.342 e.